The van der Waals surface area contributed by atoms with Gasteiger partial charge in [0.2, 0.25) is 11.0 Å². The van der Waals surface area contributed by atoms with Crippen molar-refractivity contribution in [3.05, 3.63) is 55.4 Å². The molecule has 22 heteroatoms. The molecule has 3 atom stereocenters. The van der Waals surface area contributed by atoms with Crippen molar-refractivity contribution in [2.45, 2.75) is 62.3 Å². The van der Waals surface area contributed by atoms with Crippen molar-refractivity contribution in [3.63, 3.8) is 0 Å². The minimum absolute atomic E-state index is 0.00833. The molecule has 5 aliphatic rings. The minimum Gasteiger partial charge on any atom is -0.543 e. The number of nitrogens with one attached hydrogen (secondary N) is 2. The number of aryl methyl sites for hydroxylation is 1. The van der Waals surface area contributed by atoms with E-state index in [4.69, 9.17) is 22.2 Å². The topological polar surface area (TPSA) is 279 Å². The number of nitrogens with two attached hydrogens (primary N) is 1. The van der Waals surface area contributed by atoms with Gasteiger partial charge in [-0.05, 0) is 20.8 Å². The third-order valence-corrected chi connectivity index (χ3v) is 14.4. The van der Waals surface area contributed by atoms with Gasteiger partial charge in [0.15, 0.2) is 22.3 Å². The van der Waals surface area contributed by atoms with Gasteiger partial charge in [0.25, 0.3) is 17.7 Å². The van der Waals surface area contributed by atoms with E-state index in [-0.39, 0.29) is 48.7 Å². The van der Waals surface area contributed by atoms with Crippen molar-refractivity contribution < 1.29 is 53.7 Å². The standard InChI is InChI=1S/C37H41ClN8O11S2/c1-16-18(26(33(53)54)45-31(52)25(32(45)59-16)42-30(51)24(19-14-58-35(39)41-19)43-57-36(2,3)34(55)56)13-46-8-5-37(6-9-46,7-10-46)15-40-29(50)17-12-44(4)20-11-21(47)28(49)23(38)22(20)27(17)48/h11-12,14,16,25,32H,5-10,13,15H2,1-4H3,(H7-,39,40,41,42,43,47,48,49,50,51,53,54,55,56)/t16-,25+,32+,37?,46?/m0/s1. The lowest BCUT2D eigenvalue weighted by molar-refractivity contribution is -0.941. The van der Waals surface area contributed by atoms with Crippen LogP contribution in [0.5, 0.6) is 11.5 Å². The lowest BCUT2D eigenvalue weighted by atomic mass is 9.70. The molecule has 2 aromatic heterocycles. The molecular formula is C37H41ClN8O11S2. The number of nitrogen functional groups attached to an aromatic ring is 1. The van der Waals surface area contributed by atoms with Crippen LogP contribution in [-0.2, 0) is 31.1 Å². The number of phenols is 2. The first-order valence-electron chi connectivity index (χ1n) is 18.5. The molecule has 4 saturated heterocycles. The van der Waals surface area contributed by atoms with Crippen LogP contribution in [0, 0.1) is 5.41 Å². The Morgan fingerprint density at radius 1 is 1.19 bits per heavy atom. The minimum atomic E-state index is -1.81. The van der Waals surface area contributed by atoms with E-state index in [1.54, 1.807) is 7.05 Å². The molecule has 3 amide bonds. The SMILES string of the molecule is C[C@@H]1S[C@@H]2[C@H](NC(=O)/C(=N\OC(C)(C)C(=O)O)c3csc(N)n3)C(=O)N2C(C(=O)[O-])=C1C[N+]12CCC(CNC(=O)c3cn(C)c4cc(O)c(O)c(Cl)c4c3=O)(CC1)CC2. The van der Waals surface area contributed by atoms with E-state index in [1.165, 1.54) is 47.8 Å². The first-order chi connectivity index (χ1) is 27.7. The van der Waals surface area contributed by atoms with Crippen LogP contribution in [0.25, 0.3) is 10.9 Å². The number of carbonyl (C=O) groups is 5. The number of aliphatic carboxylic acids is 2. The highest BCUT2D eigenvalue weighted by Gasteiger charge is 2.56. The van der Waals surface area contributed by atoms with Gasteiger partial charge in [-0.3, -0.25) is 24.1 Å². The lowest BCUT2D eigenvalue weighted by Crippen LogP contribution is -2.72. The number of phenolic OH excluding ortho intramolecular Hbond substituents is 2. The number of aromatic nitrogens is 2. The maximum Gasteiger partial charge on any atom is 0.350 e. The Hall–Kier alpha value is -5.38. The van der Waals surface area contributed by atoms with Crippen LogP contribution in [-0.4, -0.2) is 125 Å². The molecule has 4 fully saturated rings. The normalized spacial score (nSPS) is 25.4. The number of hydrogen-bond donors (Lipinski definition) is 6. The summed E-state index contributed by atoms with van der Waals surface area (Å²) in [6, 6.07) is 0.0442. The summed E-state index contributed by atoms with van der Waals surface area (Å²) in [5.41, 5.74) is 2.96. The number of β-lactam (4-membered cyclic amide) rings is 1. The molecule has 0 radical (unpaired) electrons. The van der Waals surface area contributed by atoms with E-state index in [9.17, 15) is 49.2 Å². The fourth-order valence-electron chi connectivity index (χ4n) is 8.14. The van der Waals surface area contributed by atoms with Crippen LogP contribution in [0.3, 0.4) is 0 Å². The summed E-state index contributed by atoms with van der Waals surface area (Å²) >= 11 is 8.52. The highest BCUT2D eigenvalue weighted by molar-refractivity contribution is 8.00. The van der Waals surface area contributed by atoms with Crippen molar-refractivity contribution in [1.29, 1.82) is 0 Å². The van der Waals surface area contributed by atoms with Gasteiger partial charge in [0.1, 0.15) is 29.2 Å². The van der Waals surface area contributed by atoms with Crippen molar-refractivity contribution in [2.24, 2.45) is 17.6 Å². The molecule has 0 saturated carbocycles. The van der Waals surface area contributed by atoms with Gasteiger partial charge in [0.05, 0.1) is 47.2 Å². The quantitative estimate of drug-likeness (QED) is 0.0474. The molecule has 314 valence electrons. The van der Waals surface area contributed by atoms with Crippen molar-refractivity contribution >= 4 is 86.1 Å². The maximum absolute atomic E-state index is 13.6. The summed E-state index contributed by atoms with van der Waals surface area (Å²) in [6.07, 6.45) is 3.48. The Bertz CT molecular complexity index is 2440. The molecule has 1 aromatic carbocycles. The predicted molar refractivity (Wildman–Crippen MR) is 213 cm³/mol. The van der Waals surface area contributed by atoms with Gasteiger partial charge in [-0.25, -0.2) is 9.78 Å². The molecule has 59 heavy (non-hydrogen) atoms. The summed E-state index contributed by atoms with van der Waals surface area (Å²) in [4.78, 5) is 88.7. The Morgan fingerprint density at radius 3 is 2.44 bits per heavy atom. The number of amides is 3. The number of carbonyl (C=O) groups excluding carboxylic acids is 4. The molecule has 0 unspecified atom stereocenters. The molecule has 5 aliphatic heterocycles. The zero-order valence-electron chi connectivity index (χ0n) is 32.2. The van der Waals surface area contributed by atoms with Crippen LogP contribution >= 0.6 is 34.7 Å². The summed E-state index contributed by atoms with van der Waals surface area (Å²) in [5.74, 6) is -6.19. The van der Waals surface area contributed by atoms with Gasteiger partial charge >= 0.3 is 5.97 Å². The number of aromatic hydroxyl groups is 2. The number of thiazole rings is 1. The third kappa shape index (κ3) is 7.33. The monoisotopic (exact) mass is 872 g/mol. The molecule has 7 heterocycles. The average Bonchev–Trinajstić information content (AvgIpc) is 3.62. The fourth-order valence-corrected chi connectivity index (χ4v) is 10.4. The smallest absolute Gasteiger partial charge is 0.350 e. The molecule has 0 aliphatic carbocycles. The zero-order valence-corrected chi connectivity index (χ0v) is 34.6. The molecule has 19 nitrogen and oxygen atoms in total. The number of halogens is 1. The summed E-state index contributed by atoms with van der Waals surface area (Å²) in [6.45, 7) is 6.98. The Labute approximate surface area is 349 Å². The second kappa shape index (κ2) is 15.0. The van der Waals surface area contributed by atoms with E-state index in [0.717, 1.165) is 16.2 Å². The first-order valence-corrected chi connectivity index (χ1v) is 20.7. The van der Waals surface area contributed by atoms with Gasteiger partial charge in [0, 0.05) is 66.7 Å². The number of anilines is 1. The largest absolute Gasteiger partial charge is 0.543 e. The zero-order chi connectivity index (χ0) is 42.9. The van der Waals surface area contributed by atoms with Gasteiger partial charge < -0.3 is 55.5 Å². The average molecular weight is 873 g/mol. The van der Waals surface area contributed by atoms with Crippen molar-refractivity contribution in [1.82, 2.24) is 25.1 Å². The van der Waals surface area contributed by atoms with Crippen LogP contribution in [0.1, 0.15) is 56.1 Å². The number of hydrogen-bond acceptors (Lipinski definition) is 15. The van der Waals surface area contributed by atoms with Gasteiger partial charge in [-0.1, -0.05) is 16.8 Å². The molecule has 8 rings (SSSR count). The summed E-state index contributed by atoms with van der Waals surface area (Å²) in [5, 5.41) is 51.5. The number of piperidine rings is 3. The number of fused-ring (bicyclic) bond motifs is 5. The third-order valence-electron chi connectivity index (χ3n) is 11.9. The van der Waals surface area contributed by atoms with Crippen LogP contribution < -0.4 is 26.9 Å². The van der Waals surface area contributed by atoms with Crippen LogP contribution in [0.4, 0.5) is 5.13 Å². The molecular weight excluding hydrogens is 832 g/mol. The Kier molecular flexibility index (Phi) is 10.6. The first kappa shape index (κ1) is 41.8. The van der Waals surface area contributed by atoms with E-state index in [2.05, 4.69) is 20.8 Å². The number of pyridine rings is 1. The number of oxime groups is 1. The van der Waals surface area contributed by atoms with Gasteiger partial charge in [-0.15, -0.1) is 23.1 Å². The number of carboxylic acids is 2. The number of quaternary nitrogens is 1. The Balaban J connectivity index is 1.03. The highest BCUT2D eigenvalue weighted by Crippen LogP contribution is 2.48. The molecule has 7 N–H and O–H groups in total. The maximum atomic E-state index is 13.6. The lowest BCUT2D eigenvalue weighted by Gasteiger charge is -2.57. The van der Waals surface area contributed by atoms with E-state index < -0.39 is 69.3 Å². The van der Waals surface area contributed by atoms with Crippen molar-refractivity contribution in [3.8, 4) is 11.5 Å². The van der Waals surface area contributed by atoms with Crippen molar-refractivity contribution in [2.75, 3.05) is 38.5 Å². The predicted octanol–water partition coefficient (Wildman–Crippen LogP) is 0.449. The molecule has 2 bridgehead atoms. The second-order valence-electron chi connectivity index (χ2n) is 15.9. The number of nitrogens with zero attached hydrogens (tertiary/aromatic N) is 5. The fraction of sp³-hybridized carbons (Fsp3) is 0.459. The number of carboxylic acid groups (broad SMARTS) is 2. The number of thioether (sulfide) groups is 1. The van der Waals surface area contributed by atoms with Crippen LogP contribution in [0.15, 0.2) is 38.9 Å². The van der Waals surface area contributed by atoms with Gasteiger partial charge in [-0.2, -0.15) is 0 Å². The Morgan fingerprint density at radius 2 is 1.85 bits per heavy atom. The van der Waals surface area contributed by atoms with Crippen LogP contribution in [0.2, 0.25) is 5.02 Å². The van der Waals surface area contributed by atoms with E-state index >= 15 is 0 Å². The second-order valence-corrected chi connectivity index (χ2v) is 18.7. The molecule has 3 aromatic rings. The number of benzene rings is 1. The van der Waals surface area contributed by atoms with E-state index in [0.29, 0.717) is 62.0 Å². The highest BCUT2D eigenvalue weighted by atomic mass is 35.5. The van der Waals surface area contributed by atoms with E-state index in [1.807, 2.05) is 6.92 Å². The summed E-state index contributed by atoms with van der Waals surface area (Å²) in [7, 11) is 1.59. The summed E-state index contributed by atoms with van der Waals surface area (Å²) < 4.78 is 2.05. The number of rotatable bonds is 12. The molecule has 0 spiro atoms.